The third-order valence-corrected chi connectivity index (χ3v) is 7.95. The second-order valence-corrected chi connectivity index (χ2v) is 12.6. The molecular formula is C33H36N2O6S. The van der Waals surface area contributed by atoms with Gasteiger partial charge in [0.15, 0.2) is 10.8 Å². The molecule has 3 heterocycles. The van der Waals surface area contributed by atoms with Gasteiger partial charge in [-0.05, 0) is 66.3 Å². The number of carboxylic acids is 1. The van der Waals surface area contributed by atoms with Crippen LogP contribution in [0.25, 0.3) is 32.6 Å². The van der Waals surface area contributed by atoms with E-state index in [-0.39, 0.29) is 17.8 Å². The largest absolute Gasteiger partial charge is 0.493 e. The number of hydrogen-bond acceptors (Lipinski definition) is 7. The Morgan fingerprint density at radius 3 is 2.57 bits per heavy atom. The molecule has 2 aromatic carbocycles. The van der Waals surface area contributed by atoms with Gasteiger partial charge in [-0.15, -0.1) is 11.3 Å². The Bertz CT molecular complexity index is 1730. The lowest BCUT2D eigenvalue weighted by Gasteiger charge is -2.13. The van der Waals surface area contributed by atoms with Crippen LogP contribution in [-0.2, 0) is 32.7 Å². The second-order valence-electron chi connectivity index (χ2n) is 11.8. The van der Waals surface area contributed by atoms with Crippen molar-refractivity contribution in [2.24, 2.45) is 5.92 Å². The first-order valence-corrected chi connectivity index (χ1v) is 14.9. The van der Waals surface area contributed by atoms with Crippen LogP contribution in [0.2, 0.25) is 0 Å². The molecule has 9 heteroatoms. The summed E-state index contributed by atoms with van der Waals surface area (Å²) in [7, 11) is 1.43. The van der Waals surface area contributed by atoms with Crippen LogP contribution in [0.3, 0.4) is 0 Å². The van der Waals surface area contributed by atoms with Crippen molar-refractivity contribution in [3.63, 3.8) is 0 Å². The Kier molecular flexibility index (Phi) is 8.41. The van der Waals surface area contributed by atoms with E-state index < -0.39 is 5.97 Å². The predicted molar refractivity (Wildman–Crippen MR) is 164 cm³/mol. The van der Waals surface area contributed by atoms with Gasteiger partial charge in [0.1, 0.15) is 11.3 Å². The van der Waals surface area contributed by atoms with Crippen LogP contribution < -0.4 is 4.74 Å². The first-order valence-electron chi connectivity index (χ1n) is 14.0. The van der Waals surface area contributed by atoms with Crippen molar-refractivity contribution >= 4 is 45.1 Å². The minimum atomic E-state index is -0.833. The average molecular weight is 589 g/mol. The number of hydrogen-bond donors (Lipinski definition) is 1. The zero-order valence-corrected chi connectivity index (χ0v) is 25.4. The molecule has 0 radical (unpaired) electrons. The number of carbonyl (C=O) groups is 2. The number of rotatable bonds is 8. The summed E-state index contributed by atoms with van der Waals surface area (Å²) in [4.78, 5) is 26.0. The standard InChI is InChI=1S/C31H32N2O4S.C2H4O2/c1-31(2,3)28-18-38-30(32-28)27-12-21-11-20(7-10-26(21)37-27)15-33-16-22(13-29(34)35-4)24-14-23(8-9-25(24)33)36-17-19-5-6-19;1-2(3)4/h7-12,14,16,18-19H,5-6,13,15,17H2,1-4H3;1H3,(H,3,4). The topological polar surface area (TPSA) is 104 Å². The zero-order valence-electron chi connectivity index (χ0n) is 24.6. The molecule has 0 atom stereocenters. The van der Waals surface area contributed by atoms with Crippen LogP contribution in [0.15, 0.2) is 58.5 Å². The first kappa shape index (κ1) is 29.4. The van der Waals surface area contributed by atoms with Gasteiger partial charge in [0.2, 0.25) is 0 Å². The first-order chi connectivity index (χ1) is 20.0. The quantitative estimate of drug-likeness (QED) is 0.188. The summed E-state index contributed by atoms with van der Waals surface area (Å²) in [6.45, 7) is 9.01. The van der Waals surface area contributed by atoms with Crippen LogP contribution in [0.1, 0.15) is 57.4 Å². The SMILES string of the molecule is CC(=O)O.COC(=O)Cc1cn(Cc2ccc3oc(-c4nc(C(C)(C)C)cs4)cc3c2)c2ccc(OCC3CC3)cc12. The summed E-state index contributed by atoms with van der Waals surface area (Å²) in [5.41, 5.74) is 5.07. The van der Waals surface area contributed by atoms with Gasteiger partial charge < -0.3 is 23.6 Å². The zero-order chi connectivity index (χ0) is 30.0. The molecule has 6 rings (SSSR count). The summed E-state index contributed by atoms with van der Waals surface area (Å²) in [6.07, 6.45) is 4.77. The number of aliphatic carboxylic acids is 1. The number of nitrogens with zero attached hydrogens (tertiary/aromatic N) is 2. The Hall–Kier alpha value is -4.11. The predicted octanol–water partition coefficient (Wildman–Crippen LogP) is 7.45. The molecule has 1 aliphatic carbocycles. The number of ether oxygens (including phenoxy) is 2. The molecule has 5 aromatic rings. The third kappa shape index (κ3) is 7.02. The van der Waals surface area contributed by atoms with Crippen LogP contribution in [0.5, 0.6) is 5.75 Å². The van der Waals surface area contributed by atoms with E-state index in [1.54, 1.807) is 11.3 Å². The fourth-order valence-electron chi connectivity index (χ4n) is 4.66. The van der Waals surface area contributed by atoms with E-state index in [0.29, 0.717) is 12.5 Å². The van der Waals surface area contributed by atoms with E-state index in [2.05, 4.69) is 67.2 Å². The number of methoxy groups -OCH3 is 1. The number of thiazole rings is 1. The van der Waals surface area contributed by atoms with Crippen LogP contribution in [0.4, 0.5) is 0 Å². The van der Waals surface area contributed by atoms with Gasteiger partial charge in [-0.2, -0.15) is 0 Å². The summed E-state index contributed by atoms with van der Waals surface area (Å²) >= 11 is 1.61. The van der Waals surface area contributed by atoms with Crippen molar-refractivity contribution in [1.29, 1.82) is 0 Å². The lowest BCUT2D eigenvalue weighted by molar-refractivity contribution is -0.139. The molecule has 0 amide bonds. The van der Waals surface area contributed by atoms with E-state index in [1.165, 1.54) is 20.0 Å². The van der Waals surface area contributed by atoms with Gasteiger partial charge in [-0.3, -0.25) is 9.59 Å². The second kappa shape index (κ2) is 12.0. The Balaban J connectivity index is 0.000000830. The molecule has 0 unspecified atom stereocenters. The lowest BCUT2D eigenvalue weighted by Crippen LogP contribution is -2.11. The van der Waals surface area contributed by atoms with Gasteiger partial charge in [0.05, 0.1) is 25.8 Å². The van der Waals surface area contributed by atoms with Crippen molar-refractivity contribution in [3.8, 4) is 16.5 Å². The summed E-state index contributed by atoms with van der Waals surface area (Å²) < 4.78 is 19.3. The molecule has 1 aliphatic rings. The maximum atomic E-state index is 12.1. The maximum absolute atomic E-state index is 12.1. The summed E-state index contributed by atoms with van der Waals surface area (Å²) in [6, 6.07) is 14.5. The Morgan fingerprint density at radius 2 is 1.90 bits per heavy atom. The molecule has 1 N–H and O–H groups in total. The van der Waals surface area contributed by atoms with Crippen molar-refractivity contribution in [2.75, 3.05) is 13.7 Å². The van der Waals surface area contributed by atoms with Crippen LogP contribution in [-0.4, -0.2) is 40.3 Å². The Morgan fingerprint density at radius 1 is 1.14 bits per heavy atom. The Labute approximate surface area is 248 Å². The smallest absolute Gasteiger partial charge is 0.310 e. The highest BCUT2D eigenvalue weighted by Gasteiger charge is 2.22. The van der Waals surface area contributed by atoms with Gasteiger partial charge in [0, 0.05) is 46.7 Å². The van der Waals surface area contributed by atoms with Crippen molar-refractivity contribution in [1.82, 2.24) is 9.55 Å². The van der Waals surface area contributed by atoms with Crippen molar-refractivity contribution < 1.29 is 28.6 Å². The minimum absolute atomic E-state index is 0.00427. The van der Waals surface area contributed by atoms with E-state index >= 15 is 0 Å². The highest BCUT2D eigenvalue weighted by Crippen LogP contribution is 2.35. The molecule has 8 nitrogen and oxygen atoms in total. The van der Waals surface area contributed by atoms with Gasteiger partial charge in [0.25, 0.3) is 5.97 Å². The number of carboxylic acid groups (broad SMARTS) is 1. The van der Waals surface area contributed by atoms with E-state index in [4.69, 9.17) is 28.8 Å². The van der Waals surface area contributed by atoms with E-state index in [9.17, 15) is 4.79 Å². The number of carbonyl (C=O) groups excluding carboxylic acids is 1. The highest BCUT2D eigenvalue weighted by molar-refractivity contribution is 7.13. The molecule has 0 aliphatic heterocycles. The lowest BCUT2D eigenvalue weighted by atomic mass is 9.93. The molecule has 0 saturated heterocycles. The fraction of sp³-hybridized carbons (Fsp3) is 0.364. The normalized spacial score (nSPS) is 13.2. The monoisotopic (exact) mass is 588 g/mol. The van der Waals surface area contributed by atoms with Crippen LogP contribution >= 0.6 is 11.3 Å². The molecule has 42 heavy (non-hydrogen) atoms. The highest BCUT2D eigenvalue weighted by atomic mass is 32.1. The maximum Gasteiger partial charge on any atom is 0.310 e. The van der Waals surface area contributed by atoms with E-state index in [0.717, 1.165) is 68.7 Å². The van der Waals surface area contributed by atoms with Crippen molar-refractivity contribution in [2.45, 2.75) is 58.9 Å². The van der Waals surface area contributed by atoms with Gasteiger partial charge >= 0.3 is 5.97 Å². The molecule has 3 aromatic heterocycles. The van der Waals surface area contributed by atoms with Gasteiger partial charge in [-0.25, -0.2) is 4.98 Å². The number of fused-ring (bicyclic) bond motifs is 2. The summed E-state index contributed by atoms with van der Waals surface area (Å²) in [5.74, 6) is 1.23. The number of furan rings is 1. The molecule has 220 valence electrons. The number of esters is 1. The molecule has 0 spiro atoms. The molecule has 0 bridgehead atoms. The van der Waals surface area contributed by atoms with Crippen molar-refractivity contribution in [3.05, 3.63) is 70.9 Å². The number of aromatic nitrogens is 2. The third-order valence-electron chi connectivity index (χ3n) is 7.10. The van der Waals surface area contributed by atoms with E-state index in [1.807, 2.05) is 12.1 Å². The van der Waals surface area contributed by atoms with Gasteiger partial charge in [-0.1, -0.05) is 26.8 Å². The number of benzene rings is 2. The molecule has 1 saturated carbocycles. The average Bonchev–Trinajstić information content (AvgIpc) is 3.30. The molecule has 1 fully saturated rings. The fourth-order valence-corrected chi connectivity index (χ4v) is 5.66. The van der Waals surface area contributed by atoms with Crippen LogP contribution in [0, 0.1) is 5.92 Å². The minimum Gasteiger partial charge on any atom is -0.493 e. The summed E-state index contributed by atoms with van der Waals surface area (Å²) in [5, 5.41) is 12.5. The molecular weight excluding hydrogens is 552 g/mol.